The third kappa shape index (κ3) is 4.88. The minimum atomic E-state index is -0.877. The number of nitrogens with zero attached hydrogens (tertiary/aromatic N) is 3. The molecule has 0 aromatic heterocycles. The summed E-state index contributed by atoms with van der Waals surface area (Å²) in [7, 11) is 0. The molecule has 1 aliphatic heterocycles. The maximum atomic E-state index is 12.4. The van der Waals surface area contributed by atoms with E-state index in [9.17, 15) is 9.59 Å². The van der Waals surface area contributed by atoms with Gasteiger partial charge in [0.05, 0.1) is 11.6 Å². The normalized spacial score (nSPS) is 20.8. The molecule has 0 N–H and O–H groups in total. The van der Waals surface area contributed by atoms with Crippen LogP contribution in [0, 0.1) is 0 Å². The van der Waals surface area contributed by atoms with E-state index in [0.717, 1.165) is 11.1 Å². The highest BCUT2D eigenvalue weighted by Gasteiger charge is 2.37. The third-order valence-electron chi connectivity index (χ3n) is 4.31. The summed E-state index contributed by atoms with van der Waals surface area (Å²) in [5.41, 5.74) is 11.1. The number of esters is 2. The van der Waals surface area contributed by atoms with Gasteiger partial charge in [-0.1, -0.05) is 47.6 Å². The van der Waals surface area contributed by atoms with Gasteiger partial charge in [-0.2, -0.15) is 0 Å². The number of carbonyl (C=O) groups excluding carboxylic acids is 2. The SMILES string of the molecule is CC(=O)OC[C@H]1OC(OC(=O)c2ccc(-c3ccccc3)cc2)C[C@@H]1N=[N+]=[N-]. The smallest absolute Gasteiger partial charge is 0.340 e. The van der Waals surface area contributed by atoms with Gasteiger partial charge >= 0.3 is 11.9 Å². The summed E-state index contributed by atoms with van der Waals surface area (Å²) in [5.74, 6) is -1.01. The van der Waals surface area contributed by atoms with Crippen molar-refractivity contribution in [3.05, 3.63) is 70.6 Å². The van der Waals surface area contributed by atoms with Crippen LogP contribution in [0.15, 0.2) is 59.7 Å². The summed E-state index contributed by atoms with van der Waals surface area (Å²) < 4.78 is 15.9. The van der Waals surface area contributed by atoms with E-state index < -0.39 is 30.4 Å². The Morgan fingerprint density at radius 2 is 1.82 bits per heavy atom. The van der Waals surface area contributed by atoms with Crippen molar-refractivity contribution in [2.24, 2.45) is 5.11 Å². The number of carbonyl (C=O) groups is 2. The van der Waals surface area contributed by atoms with E-state index in [0.29, 0.717) is 5.56 Å². The molecule has 0 spiro atoms. The molecule has 8 nitrogen and oxygen atoms in total. The van der Waals surface area contributed by atoms with Crippen LogP contribution < -0.4 is 0 Å². The van der Waals surface area contributed by atoms with Gasteiger partial charge in [-0.3, -0.25) is 4.79 Å². The van der Waals surface area contributed by atoms with Crippen LogP contribution in [0.5, 0.6) is 0 Å². The Hall–Kier alpha value is -3.35. The Morgan fingerprint density at radius 1 is 1.14 bits per heavy atom. The van der Waals surface area contributed by atoms with Crippen LogP contribution in [0.1, 0.15) is 23.7 Å². The van der Waals surface area contributed by atoms with Crippen LogP contribution in [0.2, 0.25) is 0 Å². The molecule has 0 radical (unpaired) electrons. The summed E-state index contributed by atoms with van der Waals surface area (Å²) in [6.07, 6.45) is -1.33. The lowest BCUT2D eigenvalue weighted by atomic mass is 10.0. The molecule has 1 heterocycles. The van der Waals surface area contributed by atoms with Gasteiger partial charge in [0, 0.05) is 18.3 Å². The van der Waals surface area contributed by atoms with Crippen molar-refractivity contribution in [2.75, 3.05) is 6.61 Å². The largest absolute Gasteiger partial charge is 0.463 e. The second kappa shape index (κ2) is 9.03. The number of azide groups is 1. The first-order valence-corrected chi connectivity index (χ1v) is 8.76. The van der Waals surface area contributed by atoms with E-state index in [2.05, 4.69) is 10.0 Å². The lowest BCUT2D eigenvalue weighted by molar-refractivity contribution is -0.151. The van der Waals surface area contributed by atoms with Crippen molar-refractivity contribution < 1.29 is 23.8 Å². The molecule has 0 aliphatic carbocycles. The van der Waals surface area contributed by atoms with E-state index in [1.165, 1.54) is 6.92 Å². The van der Waals surface area contributed by atoms with Crippen molar-refractivity contribution in [3.63, 3.8) is 0 Å². The van der Waals surface area contributed by atoms with Gasteiger partial charge in [-0.15, -0.1) is 0 Å². The Morgan fingerprint density at radius 3 is 2.46 bits per heavy atom. The second-order valence-corrected chi connectivity index (χ2v) is 6.26. The van der Waals surface area contributed by atoms with Crippen LogP contribution in [0.3, 0.4) is 0 Å². The molecule has 2 aromatic rings. The summed E-state index contributed by atoms with van der Waals surface area (Å²) in [5, 5.41) is 3.63. The zero-order chi connectivity index (χ0) is 19.9. The van der Waals surface area contributed by atoms with Crippen molar-refractivity contribution in [2.45, 2.75) is 31.8 Å². The Labute approximate surface area is 161 Å². The lowest BCUT2D eigenvalue weighted by Gasteiger charge is -2.15. The van der Waals surface area contributed by atoms with Gasteiger partial charge in [0.15, 0.2) is 0 Å². The predicted octanol–water partition coefficient (Wildman–Crippen LogP) is 3.87. The van der Waals surface area contributed by atoms with Gasteiger partial charge in [0.25, 0.3) is 0 Å². The molecule has 1 aliphatic rings. The molecule has 28 heavy (non-hydrogen) atoms. The first kappa shape index (κ1) is 19.4. The highest BCUT2D eigenvalue weighted by molar-refractivity contribution is 5.90. The minimum Gasteiger partial charge on any atom is -0.463 e. The number of rotatable bonds is 6. The molecule has 1 unspecified atom stereocenters. The molecule has 8 heteroatoms. The van der Waals surface area contributed by atoms with Gasteiger partial charge in [0.2, 0.25) is 6.29 Å². The van der Waals surface area contributed by atoms with E-state index in [1.807, 2.05) is 42.5 Å². The average Bonchev–Trinajstić information content (AvgIpc) is 3.08. The molecular weight excluding hydrogens is 362 g/mol. The van der Waals surface area contributed by atoms with Crippen LogP contribution in [0.4, 0.5) is 0 Å². The fourth-order valence-corrected chi connectivity index (χ4v) is 2.92. The molecule has 3 atom stereocenters. The summed E-state index contributed by atoms with van der Waals surface area (Å²) in [6.45, 7) is 1.20. The standard InChI is InChI=1S/C20H19N3O5/c1-13(24)26-12-18-17(22-23-21)11-19(27-18)28-20(25)16-9-7-15(8-10-16)14-5-3-2-4-6-14/h2-10,17-19H,11-12H2,1H3/t17-,18+,19?/m0/s1. The minimum absolute atomic E-state index is 0.0706. The number of ether oxygens (including phenoxy) is 3. The Kier molecular flexibility index (Phi) is 6.26. The zero-order valence-electron chi connectivity index (χ0n) is 15.2. The first-order chi connectivity index (χ1) is 13.6. The van der Waals surface area contributed by atoms with E-state index >= 15 is 0 Å². The van der Waals surface area contributed by atoms with Crippen LogP contribution in [0.25, 0.3) is 21.6 Å². The van der Waals surface area contributed by atoms with E-state index in [4.69, 9.17) is 19.7 Å². The molecule has 0 saturated carbocycles. The maximum absolute atomic E-state index is 12.4. The Balaban J connectivity index is 1.62. The lowest BCUT2D eigenvalue weighted by Crippen LogP contribution is -2.26. The highest BCUT2D eigenvalue weighted by atomic mass is 16.7. The summed E-state index contributed by atoms with van der Waals surface area (Å²) >= 11 is 0. The van der Waals surface area contributed by atoms with Crippen molar-refractivity contribution in [1.29, 1.82) is 0 Å². The molecule has 2 aromatic carbocycles. The number of benzene rings is 2. The van der Waals surface area contributed by atoms with Crippen LogP contribution in [-0.2, 0) is 19.0 Å². The highest BCUT2D eigenvalue weighted by Crippen LogP contribution is 2.26. The quantitative estimate of drug-likeness (QED) is 0.326. The van der Waals surface area contributed by atoms with Crippen molar-refractivity contribution in [1.82, 2.24) is 0 Å². The average molecular weight is 381 g/mol. The van der Waals surface area contributed by atoms with Crippen LogP contribution >= 0.6 is 0 Å². The fourth-order valence-electron chi connectivity index (χ4n) is 2.92. The van der Waals surface area contributed by atoms with Gasteiger partial charge in [-0.05, 0) is 28.8 Å². The predicted molar refractivity (Wildman–Crippen MR) is 100 cm³/mol. The second-order valence-electron chi connectivity index (χ2n) is 6.26. The monoisotopic (exact) mass is 381 g/mol. The van der Waals surface area contributed by atoms with Crippen molar-refractivity contribution >= 4 is 11.9 Å². The number of hydrogen-bond acceptors (Lipinski definition) is 6. The van der Waals surface area contributed by atoms with Crippen LogP contribution in [-0.4, -0.2) is 37.0 Å². The van der Waals surface area contributed by atoms with E-state index in [1.54, 1.807) is 12.1 Å². The molecule has 144 valence electrons. The van der Waals surface area contributed by atoms with Gasteiger partial charge in [-0.25, -0.2) is 4.79 Å². The third-order valence-corrected chi connectivity index (χ3v) is 4.31. The maximum Gasteiger partial charge on any atom is 0.340 e. The molecule has 0 bridgehead atoms. The first-order valence-electron chi connectivity index (χ1n) is 8.76. The van der Waals surface area contributed by atoms with Gasteiger partial charge in [0.1, 0.15) is 12.7 Å². The molecule has 1 fully saturated rings. The topological polar surface area (TPSA) is 111 Å². The van der Waals surface area contributed by atoms with E-state index in [-0.39, 0.29) is 13.0 Å². The molecule has 1 saturated heterocycles. The Bertz CT molecular complexity index is 878. The molecular formula is C20H19N3O5. The molecule has 0 amide bonds. The number of hydrogen-bond donors (Lipinski definition) is 0. The summed E-state index contributed by atoms with van der Waals surface area (Å²) in [4.78, 5) is 26.1. The zero-order valence-corrected chi connectivity index (χ0v) is 15.2. The van der Waals surface area contributed by atoms with Crippen molar-refractivity contribution in [3.8, 4) is 11.1 Å². The van der Waals surface area contributed by atoms with Gasteiger partial charge < -0.3 is 14.2 Å². The fraction of sp³-hybridized carbons (Fsp3) is 0.300. The molecule has 3 rings (SSSR count). The summed E-state index contributed by atoms with van der Waals surface area (Å²) in [6, 6.07) is 16.3.